The third-order valence-electron chi connectivity index (χ3n) is 6.83. The van der Waals surface area contributed by atoms with Crippen LogP contribution in [-0.2, 0) is 19.1 Å². The zero-order valence-corrected chi connectivity index (χ0v) is 19.9. The summed E-state index contributed by atoms with van der Waals surface area (Å²) in [6.07, 6.45) is 1.68. The van der Waals surface area contributed by atoms with E-state index in [0.717, 1.165) is 12.8 Å². The van der Waals surface area contributed by atoms with Crippen molar-refractivity contribution < 1.29 is 24.2 Å². The summed E-state index contributed by atoms with van der Waals surface area (Å²) in [7, 11) is 0. The lowest BCUT2D eigenvalue weighted by molar-refractivity contribution is -0.142. The van der Waals surface area contributed by atoms with Crippen LogP contribution in [0.3, 0.4) is 0 Å². The number of likely N-dealkylation sites (tertiary alicyclic amines) is 1. The molecule has 1 aromatic rings. The van der Waals surface area contributed by atoms with Crippen molar-refractivity contribution in [1.29, 1.82) is 0 Å². The number of benzene rings is 1. The van der Waals surface area contributed by atoms with Crippen LogP contribution < -0.4 is 10.6 Å². The second-order valence-electron chi connectivity index (χ2n) is 8.97. The summed E-state index contributed by atoms with van der Waals surface area (Å²) in [5.74, 6) is -2.39. The van der Waals surface area contributed by atoms with Crippen LogP contribution in [0.5, 0.6) is 0 Å². The Morgan fingerprint density at radius 3 is 2.69 bits per heavy atom. The van der Waals surface area contributed by atoms with Gasteiger partial charge in [-0.3, -0.25) is 14.4 Å². The second-order valence-corrected chi connectivity index (χ2v) is 10.1. The molecule has 8 nitrogen and oxygen atoms in total. The van der Waals surface area contributed by atoms with E-state index in [-0.39, 0.29) is 41.7 Å². The van der Waals surface area contributed by atoms with Crippen LogP contribution in [0, 0.1) is 11.8 Å². The highest BCUT2D eigenvalue weighted by molar-refractivity contribution is 9.09. The molecule has 32 heavy (non-hydrogen) atoms. The summed E-state index contributed by atoms with van der Waals surface area (Å²) in [6, 6.07) is 8.14. The van der Waals surface area contributed by atoms with Crippen LogP contribution in [-0.4, -0.2) is 69.5 Å². The van der Waals surface area contributed by atoms with Gasteiger partial charge in [-0.25, -0.2) is 0 Å². The Morgan fingerprint density at radius 1 is 1.31 bits per heavy atom. The van der Waals surface area contributed by atoms with Crippen molar-refractivity contribution in [2.45, 2.75) is 61.7 Å². The van der Waals surface area contributed by atoms with Gasteiger partial charge in [0, 0.05) is 23.1 Å². The molecule has 4 unspecified atom stereocenters. The van der Waals surface area contributed by atoms with Gasteiger partial charge in [0.1, 0.15) is 11.6 Å². The monoisotopic (exact) mass is 507 g/mol. The number of β-amino-alcohol motifs (C(OH)–C–C–N with tert-alkyl or cyclic N) is 1. The van der Waals surface area contributed by atoms with Gasteiger partial charge in [0.05, 0.1) is 24.5 Å². The van der Waals surface area contributed by atoms with E-state index in [0.29, 0.717) is 12.1 Å². The molecule has 3 heterocycles. The number of halogens is 1. The molecule has 3 aliphatic heterocycles. The van der Waals surface area contributed by atoms with Crippen molar-refractivity contribution in [2.75, 3.05) is 18.5 Å². The van der Waals surface area contributed by atoms with Crippen molar-refractivity contribution in [3.63, 3.8) is 0 Å². The first-order valence-corrected chi connectivity index (χ1v) is 12.1. The number of hydrogen-bond donors (Lipinski definition) is 3. The number of para-hydroxylation sites is 1. The second kappa shape index (κ2) is 9.11. The number of alkyl halides is 1. The zero-order valence-electron chi connectivity index (χ0n) is 18.3. The third-order valence-corrected chi connectivity index (χ3v) is 7.68. The Bertz CT molecular complexity index is 884. The van der Waals surface area contributed by atoms with Gasteiger partial charge in [0.2, 0.25) is 17.7 Å². The van der Waals surface area contributed by atoms with Crippen LogP contribution in [0.4, 0.5) is 5.69 Å². The standard InChI is InChI=1S/C23H30BrN3O5/c1-3-7-13(2)25-21(30)19-23-12-15(24)18(32-23)16(17(23)22(31)27(19)10-11-28)20(29)26-14-8-5-4-6-9-14/h4-6,8-9,13,15-19,28H,3,7,10-12H2,1-2H3,(H,25,30)(H,26,29)/t13?,15?,16-,17-,18-,19?,23?/m0/s1. The summed E-state index contributed by atoms with van der Waals surface area (Å²) >= 11 is 3.64. The van der Waals surface area contributed by atoms with Crippen molar-refractivity contribution in [1.82, 2.24) is 10.2 Å². The van der Waals surface area contributed by atoms with E-state index in [4.69, 9.17) is 4.74 Å². The van der Waals surface area contributed by atoms with Crippen molar-refractivity contribution in [3.8, 4) is 0 Å². The molecule has 0 aliphatic carbocycles. The number of aliphatic hydroxyl groups is 1. The molecule has 1 spiro atoms. The lowest BCUT2D eigenvalue weighted by atomic mass is 9.70. The first-order valence-electron chi connectivity index (χ1n) is 11.2. The largest absolute Gasteiger partial charge is 0.395 e. The molecule has 3 aliphatic rings. The first kappa shape index (κ1) is 23.2. The smallest absolute Gasteiger partial charge is 0.246 e. The fraction of sp³-hybridized carbons (Fsp3) is 0.609. The predicted octanol–water partition coefficient (Wildman–Crippen LogP) is 1.67. The van der Waals surface area contributed by atoms with Gasteiger partial charge < -0.3 is 25.4 Å². The van der Waals surface area contributed by atoms with Crippen molar-refractivity contribution in [3.05, 3.63) is 30.3 Å². The molecule has 0 saturated carbocycles. The molecule has 9 heteroatoms. The topological polar surface area (TPSA) is 108 Å². The number of fused-ring (bicyclic) bond motifs is 1. The van der Waals surface area contributed by atoms with Gasteiger partial charge >= 0.3 is 0 Å². The Balaban J connectivity index is 1.66. The zero-order chi connectivity index (χ0) is 23.0. The molecular formula is C23H30BrN3O5. The highest BCUT2D eigenvalue weighted by Gasteiger charge is 2.76. The molecule has 0 radical (unpaired) electrons. The Hall–Kier alpha value is -1.97. The van der Waals surface area contributed by atoms with E-state index >= 15 is 0 Å². The number of ether oxygens (including phenoxy) is 1. The van der Waals surface area contributed by atoms with E-state index in [9.17, 15) is 19.5 Å². The number of nitrogens with zero attached hydrogens (tertiary/aromatic N) is 1. The van der Waals surface area contributed by atoms with E-state index in [1.165, 1.54) is 4.90 Å². The lowest BCUT2D eigenvalue weighted by Gasteiger charge is -2.34. The van der Waals surface area contributed by atoms with Gasteiger partial charge in [-0.15, -0.1) is 0 Å². The lowest BCUT2D eigenvalue weighted by Crippen LogP contribution is -2.57. The molecule has 7 atom stereocenters. The number of carbonyl (C=O) groups is 3. The van der Waals surface area contributed by atoms with Gasteiger partial charge in [-0.1, -0.05) is 47.5 Å². The first-order chi connectivity index (χ1) is 15.3. The average molecular weight is 508 g/mol. The fourth-order valence-corrected chi connectivity index (χ4v) is 6.59. The van der Waals surface area contributed by atoms with Crippen LogP contribution in [0.25, 0.3) is 0 Å². The maximum atomic E-state index is 13.5. The maximum Gasteiger partial charge on any atom is 0.246 e. The molecule has 1 aromatic carbocycles. The highest BCUT2D eigenvalue weighted by Crippen LogP contribution is 2.60. The summed E-state index contributed by atoms with van der Waals surface area (Å²) in [6.45, 7) is 3.72. The third kappa shape index (κ3) is 3.74. The quantitative estimate of drug-likeness (QED) is 0.464. The number of anilines is 1. The summed E-state index contributed by atoms with van der Waals surface area (Å²) in [5, 5.41) is 15.5. The van der Waals surface area contributed by atoms with Crippen molar-refractivity contribution in [2.24, 2.45) is 11.8 Å². The average Bonchev–Trinajstić information content (AvgIpc) is 3.33. The van der Waals surface area contributed by atoms with Crippen LogP contribution in [0.15, 0.2) is 30.3 Å². The summed E-state index contributed by atoms with van der Waals surface area (Å²) in [4.78, 5) is 41.5. The fourth-order valence-electron chi connectivity index (χ4n) is 5.65. The predicted molar refractivity (Wildman–Crippen MR) is 122 cm³/mol. The minimum atomic E-state index is -1.10. The molecule has 4 rings (SSSR count). The highest BCUT2D eigenvalue weighted by atomic mass is 79.9. The number of aliphatic hydroxyl groups excluding tert-OH is 1. The maximum absolute atomic E-state index is 13.5. The Kier molecular flexibility index (Phi) is 6.61. The van der Waals surface area contributed by atoms with Gasteiger partial charge in [-0.2, -0.15) is 0 Å². The number of amides is 3. The van der Waals surface area contributed by atoms with Gasteiger partial charge in [0.25, 0.3) is 0 Å². The Morgan fingerprint density at radius 2 is 2.03 bits per heavy atom. The van der Waals surface area contributed by atoms with Crippen molar-refractivity contribution >= 4 is 39.3 Å². The summed E-state index contributed by atoms with van der Waals surface area (Å²) in [5.41, 5.74) is -0.458. The molecule has 3 saturated heterocycles. The molecule has 0 aromatic heterocycles. The van der Waals surface area contributed by atoms with E-state index in [2.05, 4.69) is 26.6 Å². The van der Waals surface area contributed by atoms with Crippen LogP contribution in [0.1, 0.15) is 33.1 Å². The van der Waals surface area contributed by atoms with E-state index < -0.39 is 29.6 Å². The summed E-state index contributed by atoms with van der Waals surface area (Å²) < 4.78 is 6.38. The minimum absolute atomic E-state index is 0.0192. The van der Waals surface area contributed by atoms with Crippen LogP contribution >= 0.6 is 15.9 Å². The van der Waals surface area contributed by atoms with E-state index in [1.807, 2.05) is 32.0 Å². The molecule has 3 fully saturated rings. The molecule has 174 valence electrons. The number of rotatable bonds is 8. The van der Waals surface area contributed by atoms with Gasteiger partial charge in [0.15, 0.2) is 0 Å². The molecule has 2 bridgehead atoms. The molecule has 3 amide bonds. The molecule has 3 N–H and O–H groups in total. The minimum Gasteiger partial charge on any atom is -0.395 e. The number of nitrogens with one attached hydrogen (secondary N) is 2. The number of carbonyl (C=O) groups excluding carboxylic acids is 3. The normalized spacial score (nSPS) is 33.8. The molecular weight excluding hydrogens is 478 g/mol. The SMILES string of the molecule is CCCC(C)NC(=O)C1N(CCO)C(=O)[C@@H]2[C@H](C(=O)Nc3ccccc3)[C@H]3OC12CC3Br. The van der Waals surface area contributed by atoms with Gasteiger partial charge in [-0.05, 0) is 31.9 Å². The Labute approximate surface area is 196 Å². The van der Waals surface area contributed by atoms with E-state index in [1.54, 1.807) is 12.1 Å². The van der Waals surface area contributed by atoms with Crippen LogP contribution in [0.2, 0.25) is 0 Å². The number of hydrogen-bond acceptors (Lipinski definition) is 5.